The van der Waals surface area contributed by atoms with Crippen molar-refractivity contribution in [2.75, 3.05) is 5.32 Å². The van der Waals surface area contributed by atoms with Gasteiger partial charge in [0.2, 0.25) is 0 Å². The van der Waals surface area contributed by atoms with E-state index >= 15 is 0 Å². The molecule has 0 bridgehead atoms. The molecule has 2 aromatic carbocycles. The van der Waals surface area contributed by atoms with E-state index < -0.39 is 0 Å². The zero-order chi connectivity index (χ0) is 18.1. The second-order valence-electron chi connectivity index (χ2n) is 5.59. The molecule has 25 heavy (non-hydrogen) atoms. The fourth-order valence-electron chi connectivity index (χ4n) is 2.33. The molecule has 1 aromatic heterocycles. The lowest BCUT2D eigenvalue weighted by molar-refractivity contribution is 0.0982. The van der Waals surface area contributed by atoms with Gasteiger partial charge < -0.3 is 5.32 Å². The summed E-state index contributed by atoms with van der Waals surface area (Å²) in [7, 11) is 0. The second-order valence-corrected chi connectivity index (χ2v) is 7.87. The van der Waals surface area contributed by atoms with Crippen LogP contribution in [-0.2, 0) is 0 Å². The maximum Gasteiger partial charge on any atom is 0.269 e. The third-order valence-electron chi connectivity index (χ3n) is 3.79. The number of amides is 1. The first kappa shape index (κ1) is 18.1. The Morgan fingerprint density at radius 1 is 1.08 bits per heavy atom. The number of halogens is 2. The Labute approximate surface area is 164 Å². The minimum absolute atomic E-state index is 0.222. The summed E-state index contributed by atoms with van der Waals surface area (Å²) in [5.74, 6) is -0.344. The van der Waals surface area contributed by atoms with Crippen molar-refractivity contribution < 1.29 is 4.79 Å². The van der Waals surface area contributed by atoms with Gasteiger partial charge in [-0.1, -0.05) is 35.3 Å². The number of aryl methyl sites for hydroxylation is 2. The van der Waals surface area contributed by atoms with Crippen molar-refractivity contribution in [2.45, 2.75) is 13.8 Å². The van der Waals surface area contributed by atoms with Crippen molar-refractivity contribution in [3.8, 4) is 0 Å². The van der Waals surface area contributed by atoms with Crippen LogP contribution in [0.15, 0.2) is 36.4 Å². The van der Waals surface area contributed by atoms with Crippen LogP contribution in [0.5, 0.6) is 0 Å². The SMILES string of the molecule is Cc1ccc(NC(=S)NC(=O)c2sc3cc(Cl)ccc3c2Cl)cc1C. The van der Waals surface area contributed by atoms with Gasteiger partial charge in [-0.25, -0.2) is 0 Å². The van der Waals surface area contributed by atoms with Crippen LogP contribution in [0.2, 0.25) is 10.0 Å². The molecular weight excluding hydrogens is 395 g/mol. The quantitative estimate of drug-likeness (QED) is 0.514. The molecule has 0 spiro atoms. The lowest BCUT2D eigenvalue weighted by Crippen LogP contribution is -2.33. The Hall–Kier alpha value is -1.66. The highest BCUT2D eigenvalue weighted by Crippen LogP contribution is 2.36. The molecule has 3 aromatic rings. The first-order valence-corrected chi connectivity index (χ1v) is 9.40. The molecular formula is C18H14Cl2N2OS2. The second kappa shape index (κ2) is 7.30. The predicted octanol–water partition coefficient (Wildman–Crippen LogP) is 5.95. The molecule has 0 radical (unpaired) electrons. The highest BCUT2D eigenvalue weighted by molar-refractivity contribution is 7.80. The van der Waals surface area contributed by atoms with Gasteiger partial charge in [-0.15, -0.1) is 11.3 Å². The standard InChI is InChI=1S/C18H14Cl2N2OS2/c1-9-3-5-12(7-10(9)2)21-18(24)22-17(23)16-15(20)13-6-4-11(19)8-14(13)25-16/h3-8H,1-2H3,(H2,21,22,23,24). The summed E-state index contributed by atoms with van der Waals surface area (Å²) in [6.07, 6.45) is 0. The smallest absolute Gasteiger partial charge is 0.269 e. The lowest BCUT2D eigenvalue weighted by Gasteiger charge is -2.10. The molecule has 0 fully saturated rings. The summed E-state index contributed by atoms with van der Waals surface area (Å²) < 4.78 is 0.857. The molecule has 0 saturated heterocycles. The fourth-order valence-corrected chi connectivity index (χ4v) is 4.23. The van der Waals surface area contributed by atoms with Crippen molar-refractivity contribution >= 4 is 73.5 Å². The van der Waals surface area contributed by atoms with Gasteiger partial charge in [0.05, 0.1) is 5.02 Å². The van der Waals surface area contributed by atoms with Crippen molar-refractivity contribution in [3.05, 3.63) is 62.4 Å². The summed E-state index contributed by atoms with van der Waals surface area (Å²) in [4.78, 5) is 12.9. The molecule has 2 N–H and O–H groups in total. The third-order valence-corrected chi connectivity index (χ3v) is 5.88. The number of rotatable bonds is 2. The Bertz CT molecular complexity index is 998. The lowest BCUT2D eigenvalue weighted by atomic mass is 10.1. The molecule has 1 heterocycles. The largest absolute Gasteiger partial charge is 0.332 e. The number of benzene rings is 2. The highest BCUT2D eigenvalue weighted by Gasteiger charge is 2.18. The number of nitrogens with one attached hydrogen (secondary N) is 2. The van der Waals surface area contributed by atoms with Gasteiger partial charge >= 0.3 is 0 Å². The first-order valence-electron chi connectivity index (χ1n) is 7.42. The molecule has 1 amide bonds. The van der Waals surface area contributed by atoms with E-state index in [1.165, 1.54) is 16.9 Å². The monoisotopic (exact) mass is 408 g/mol. The molecule has 0 saturated carbocycles. The van der Waals surface area contributed by atoms with E-state index in [4.69, 9.17) is 35.4 Å². The summed E-state index contributed by atoms with van der Waals surface area (Å²) in [5.41, 5.74) is 3.15. The molecule has 128 valence electrons. The van der Waals surface area contributed by atoms with Crippen LogP contribution in [0.25, 0.3) is 10.1 Å². The van der Waals surface area contributed by atoms with Crippen molar-refractivity contribution in [1.29, 1.82) is 0 Å². The predicted molar refractivity (Wildman–Crippen MR) is 111 cm³/mol. The van der Waals surface area contributed by atoms with Crippen LogP contribution < -0.4 is 10.6 Å². The Morgan fingerprint density at radius 2 is 1.84 bits per heavy atom. The third kappa shape index (κ3) is 3.96. The van der Waals surface area contributed by atoms with E-state index in [-0.39, 0.29) is 11.0 Å². The van der Waals surface area contributed by atoms with Gasteiger partial charge in [0.25, 0.3) is 5.91 Å². The molecule has 0 aliphatic heterocycles. The maximum atomic E-state index is 12.5. The van der Waals surface area contributed by atoms with E-state index in [0.717, 1.165) is 21.3 Å². The molecule has 3 nitrogen and oxygen atoms in total. The van der Waals surface area contributed by atoms with Crippen LogP contribution in [0.4, 0.5) is 5.69 Å². The highest BCUT2D eigenvalue weighted by atomic mass is 35.5. The Balaban J connectivity index is 1.76. The van der Waals surface area contributed by atoms with Gasteiger partial charge in [-0.2, -0.15) is 0 Å². The molecule has 0 aliphatic rings. The molecule has 0 aliphatic carbocycles. The zero-order valence-electron chi connectivity index (χ0n) is 13.4. The van der Waals surface area contributed by atoms with Gasteiger partial charge in [0, 0.05) is 20.8 Å². The minimum atomic E-state index is -0.344. The van der Waals surface area contributed by atoms with Gasteiger partial charge in [-0.3, -0.25) is 10.1 Å². The van der Waals surface area contributed by atoms with Crippen LogP contribution in [0, 0.1) is 13.8 Å². The molecule has 3 rings (SSSR count). The van der Waals surface area contributed by atoms with E-state index in [9.17, 15) is 4.79 Å². The maximum absolute atomic E-state index is 12.5. The molecule has 0 unspecified atom stereocenters. The zero-order valence-corrected chi connectivity index (χ0v) is 16.6. The Kier molecular flexibility index (Phi) is 5.29. The fraction of sp³-hybridized carbons (Fsp3) is 0.111. The first-order chi connectivity index (χ1) is 11.8. The van der Waals surface area contributed by atoms with Gasteiger partial charge in [0.15, 0.2) is 5.11 Å². The van der Waals surface area contributed by atoms with Crippen LogP contribution >= 0.6 is 46.8 Å². The number of fused-ring (bicyclic) bond motifs is 1. The van der Waals surface area contributed by atoms with E-state index in [1.54, 1.807) is 18.2 Å². The average molecular weight is 409 g/mol. The number of hydrogen-bond donors (Lipinski definition) is 2. The minimum Gasteiger partial charge on any atom is -0.332 e. The van der Waals surface area contributed by atoms with Crippen LogP contribution in [-0.4, -0.2) is 11.0 Å². The average Bonchev–Trinajstić information content (AvgIpc) is 2.87. The number of anilines is 1. The number of carbonyl (C=O) groups is 1. The number of hydrogen-bond acceptors (Lipinski definition) is 3. The Morgan fingerprint density at radius 3 is 2.56 bits per heavy atom. The summed E-state index contributed by atoms with van der Waals surface area (Å²) in [6.45, 7) is 4.05. The van der Waals surface area contributed by atoms with Gasteiger partial charge in [-0.05, 0) is 61.5 Å². The summed E-state index contributed by atoms with van der Waals surface area (Å²) in [6, 6.07) is 11.2. The van der Waals surface area contributed by atoms with E-state index in [1.807, 2.05) is 32.0 Å². The van der Waals surface area contributed by atoms with Crippen molar-refractivity contribution in [3.63, 3.8) is 0 Å². The number of carbonyl (C=O) groups excluding carboxylic acids is 1. The topological polar surface area (TPSA) is 41.1 Å². The number of thiocarbonyl (C=S) groups is 1. The van der Waals surface area contributed by atoms with Crippen LogP contribution in [0.1, 0.15) is 20.8 Å². The molecule has 0 atom stereocenters. The summed E-state index contributed by atoms with van der Waals surface area (Å²) >= 11 is 18.8. The summed E-state index contributed by atoms with van der Waals surface area (Å²) in [5, 5.41) is 7.71. The van der Waals surface area contributed by atoms with E-state index in [2.05, 4.69) is 10.6 Å². The number of thiophene rings is 1. The van der Waals surface area contributed by atoms with Crippen molar-refractivity contribution in [1.82, 2.24) is 5.32 Å². The molecule has 7 heteroatoms. The van der Waals surface area contributed by atoms with Gasteiger partial charge in [0.1, 0.15) is 4.88 Å². The van der Waals surface area contributed by atoms with Crippen molar-refractivity contribution in [2.24, 2.45) is 0 Å². The normalized spacial score (nSPS) is 10.7. The van der Waals surface area contributed by atoms with E-state index in [0.29, 0.717) is 14.9 Å². The van der Waals surface area contributed by atoms with Crippen LogP contribution in [0.3, 0.4) is 0 Å².